The van der Waals surface area contributed by atoms with Crippen molar-refractivity contribution in [2.45, 2.75) is 45.8 Å². The van der Waals surface area contributed by atoms with Crippen molar-refractivity contribution in [1.82, 2.24) is 0 Å². The van der Waals surface area contributed by atoms with Gasteiger partial charge in [0.05, 0.1) is 13.2 Å². The average Bonchev–Trinajstić information content (AvgIpc) is 2.46. The second-order valence-corrected chi connectivity index (χ2v) is 5.59. The van der Waals surface area contributed by atoms with Crippen LogP contribution in [-0.4, -0.2) is 25.9 Å². The molecule has 1 aliphatic carbocycles. The van der Waals surface area contributed by atoms with Crippen LogP contribution in [0.2, 0.25) is 0 Å². The number of hydrogen-bond acceptors (Lipinski definition) is 3. The zero-order valence-corrected chi connectivity index (χ0v) is 12.7. The van der Waals surface area contributed by atoms with Crippen molar-refractivity contribution in [1.29, 1.82) is 0 Å². The first-order valence-corrected chi connectivity index (χ1v) is 7.26. The van der Waals surface area contributed by atoms with E-state index in [1.807, 2.05) is 6.92 Å². The lowest BCUT2D eigenvalue weighted by atomic mass is 9.61. The first-order valence-electron chi connectivity index (χ1n) is 7.26. The van der Waals surface area contributed by atoms with Gasteiger partial charge in [0.2, 0.25) is 0 Å². The van der Waals surface area contributed by atoms with Gasteiger partial charge in [-0.3, -0.25) is 0 Å². The number of anilines is 1. The van der Waals surface area contributed by atoms with E-state index >= 15 is 0 Å². The van der Waals surface area contributed by atoms with Crippen LogP contribution in [0.4, 0.5) is 10.1 Å². The number of rotatable bonds is 6. The van der Waals surface area contributed by atoms with Crippen LogP contribution >= 0.6 is 0 Å². The summed E-state index contributed by atoms with van der Waals surface area (Å²) in [7, 11) is 1.48. The van der Waals surface area contributed by atoms with Crippen molar-refractivity contribution in [2.75, 3.05) is 19.0 Å². The molecule has 0 aliphatic heterocycles. The van der Waals surface area contributed by atoms with E-state index in [4.69, 9.17) is 9.47 Å². The van der Waals surface area contributed by atoms with Gasteiger partial charge >= 0.3 is 0 Å². The van der Waals surface area contributed by atoms with E-state index < -0.39 is 0 Å². The molecule has 1 aromatic rings. The predicted molar refractivity (Wildman–Crippen MR) is 78.8 cm³/mol. The summed E-state index contributed by atoms with van der Waals surface area (Å²) in [5.74, 6) is -0.0639. The largest absolute Gasteiger partial charge is 0.494 e. The SMILES string of the molecule is CCOC1CC(Nc2ccc(F)c(OC)c2)C1(C)CC. The molecule has 112 valence electrons. The molecule has 0 amide bonds. The summed E-state index contributed by atoms with van der Waals surface area (Å²) in [6.07, 6.45) is 2.34. The van der Waals surface area contributed by atoms with Crippen LogP contribution in [0.5, 0.6) is 5.75 Å². The van der Waals surface area contributed by atoms with Crippen LogP contribution in [0.25, 0.3) is 0 Å². The summed E-state index contributed by atoms with van der Waals surface area (Å²) < 4.78 is 24.2. The van der Waals surface area contributed by atoms with E-state index in [1.165, 1.54) is 13.2 Å². The molecule has 1 N–H and O–H groups in total. The van der Waals surface area contributed by atoms with Crippen molar-refractivity contribution in [3.8, 4) is 5.75 Å². The molecule has 0 aromatic heterocycles. The Morgan fingerprint density at radius 2 is 2.15 bits per heavy atom. The Bertz CT molecular complexity index is 466. The Kier molecular flexibility index (Phi) is 4.53. The first-order chi connectivity index (χ1) is 9.55. The van der Waals surface area contributed by atoms with E-state index in [0.717, 1.165) is 25.1 Å². The third-order valence-corrected chi connectivity index (χ3v) is 4.60. The van der Waals surface area contributed by atoms with E-state index in [1.54, 1.807) is 12.1 Å². The third-order valence-electron chi connectivity index (χ3n) is 4.60. The van der Waals surface area contributed by atoms with Crippen LogP contribution in [-0.2, 0) is 4.74 Å². The maximum absolute atomic E-state index is 13.4. The molecular formula is C16H24FNO2. The van der Waals surface area contributed by atoms with Gasteiger partial charge in [-0.2, -0.15) is 0 Å². The molecule has 3 unspecified atom stereocenters. The van der Waals surface area contributed by atoms with Crippen LogP contribution in [0, 0.1) is 11.2 Å². The second kappa shape index (κ2) is 6.00. The molecule has 20 heavy (non-hydrogen) atoms. The molecule has 0 saturated heterocycles. The number of methoxy groups -OCH3 is 1. The van der Waals surface area contributed by atoms with E-state index in [2.05, 4.69) is 19.2 Å². The Labute approximate surface area is 120 Å². The quantitative estimate of drug-likeness (QED) is 0.859. The number of ether oxygens (including phenoxy) is 2. The fraction of sp³-hybridized carbons (Fsp3) is 0.625. The van der Waals surface area contributed by atoms with Gasteiger partial charge in [0.15, 0.2) is 11.6 Å². The molecule has 0 bridgehead atoms. The lowest BCUT2D eigenvalue weighted by Gasteiger charge is -2.54. The van der Waals surface area contributed by atoms with Crippen molar-refractivity contribution in [3.05, 3.63) is 24.0 Å². The number of hydrogen-bond donors (Lipinski definition) is 1. The summed E-state index contributed by atoms with van der Waals surface area (Å²) in [6, 6.07) is 5.24. The minimum absolute atomic E-state index is 0.123. The molecule has 1 aromatic carbocycles. The van der Waals surface area contributed by atoms with Gasteiger partial charge in [0.25, 0.3) is 0 Å². The van der Waals surface area contributed by atoms with Crippen molar-refractivity contribution >= 4 is 5.69 Å². The first kappa shape index (κ1) is 15.1. The monoisotopic (exact) mass is 281 g/mol. The van der Waals surface area contributed by atoms with Gasteiger partial charge in [-0.1, -0.05) is 13.8 Å². The summed E-state index contributed by atoms with van der Waals surface area (Å²) in [5, 5.41) is 3.48. The minimum Gasteiger partial charge on any atom is -0.494 e. The molecular weight excluding hydrogens is 257 g/mol. The highest BCUT2D eigenvalue weighted by Crippen LogP contribution is 2.47. The Morgan fingerprint density at radius 3 is 2.75 bits per heavy atom. The maximum Gasteiger partial charge on any atom is 0.165 e. The standard InChI is InChI=1S/C16H24FNO2/c1-5-16(3)14(10-15(16)20-6-2)18-11-7-8-12(17)13(9-11)19-4/h7-9,14-15,18H,5-6,10H2,1-4H3. The zero-order valence-electron chi connectivity index (χ0n) is 12.7. The summed E-state index contributed by atoms with van der Waals surface area (Å²) in [6.45, 7) is 7.21. The molecule has 1 aliphatic rings. The second-order valence-electron chi connectivity index (χ2n) is 5.59. The smallest absolute Gasteiger partial charge is 0.165 e. The molecule has 2 rings (SSSR count). The topological polar surface area (TPSA) is 30.5 Å². The highest BCUT2D eigenvalue weighted by Gasteiger charge is 2.51. The Morgan fingerprint density at radius 1 is 1.40 bits per heavy atom. The predicted octanol–water partition coefficient (Wildman–Crippen LogP) is 3.84. The average molecular weight is 281 g/mol. The van der Waals surface area contributed by atoms with E-state index in [-0.39, 0.29) is 17.0 Å². The summed E-state index contributed by atoms with van der Waals surface area (Å²) in [5.41, 5.74) is 1.01. The van der Waals surface area contributed by atoms with Gasteiger partial charge in [-0.25, -0.2) is 4.39 Å². The van der Waals surface area contributed by atoms with Gasteiger partial charge in [-0.15, -0.1) is 0 Å². The fourth-order valence-electron chi connectivity index (χ4n) is 2.92. The fourth-order valence-corrected chi connectivity index (χ4v) is 2.92. The van der Waals surface area contributed by atoms with E-state index in [0.29, 0.717) is 12.1 Å². The lowest BCUT2D eigenvalue weighted by Crippen LogP contribution is -2.59. The van der Waals surface area contributed by atoms with Gasteiger partial charge in [0.1, 0.15) is 0 Å². The van der Waals surface area contributed by atoms with Crippen LogP contribution in [0.3, 0.4) is 0 Å². The van der Waals surface area contributed by atoms with Crippen LogP contribution in [0.1, 0.15) is 33.6 Å². The van der Waals surface area contributed by atoms with Crippen molar-refractivity contribution < 1.29 is 13.9 Å². The normalized spacial score (nSPS) is 28.9. The molecule has 1 fully saturated rings. The molecule has 1 saturated carbocycles. The molecule has 0 spiro atoms. The van der Waals surface area contributed by atoms with Gasteiger partial charge in [-0.05, 0) is 31.9 Å². The van der Waals surface area contributed by atoms with Gasteiger partial charge < -0.3 is 14.8 Å². The van der Waals surface area contributed by atoms with Crippen molar-refractivity contribution in [2.24, 2.45) is 5.41 Å². The number of benzene rings is 1. The maximum atomic E-state index is 13.4. The highest BCUT2D eigenvalue weighted by atomic mass is 19.1. The number of nitrogens with one attached hydrogen (secondary N) is 1. The van der Waals surface area contributed by atoms with Gasteiger partial charge in [0, 0.05) is 29.8 Å². The minimum atomic E-state index is -0.336. The van der Waals surface area contributed by atoms with Crippen molar-refractivity contribution in [3.63, 3.8) is 0 Å². The summed E-state index contributed by atoms with van der Waals surface area (Å²) in [4.78, 5) is 0. The Balaban J connectivity index is 2.07. The molecule has 0 radical (unpaired) electrons. The number of halogens is 1. The molecule has 3 atom stereocenters. The zero-order chi connectivity index (χ0) is 14.8. The lowest BCUT2D eigenvalue weighted by molar-refractivity contribution is -0.109. The molecule has 3 nitrogen and oxygen atoms in total. The third kappa shape index (κ3) is 2.62. The molecule has 0 heterocycles. The highest BCUT2D eigenvalue weighted by molar-refractivity contribution is 5.50. The Hall–Kier alpha value is -1.29. The van der Waals surface area contributed by atoms with Crippen LogP contribution in [0.15, 0.2) is 18.2 Å². The van der Waals surface area contributed by atoms with E-state index in [9.17, 15) is 4.39 Å². The van der Waals surface area contributed by atoms with Crippen LogP contribution < -0.4 is 10.1 Å². The molecule has 4 heteroatoms. The summed E-state index contributed by atoms with van der Waals surface area (Å²) >= 11 is 0.